The van der Waals surface area contributed by atoms with Crippen LogP contribution >= 0.6 is 0 Å². The first-order valence-electron chi connectivity index (χ1n) is 6.93. The average Bonchev–Trinajstić information content (AvgIpc) is 3.16. The lowest BCUT2D eigenvalue weighted by atomic mass is 9.95. The molecule has 1 unspecified atom stereocenters. The predicted octanol–water partition coefficient (Wildman–Crippen LogP) is 1.64. The first-order chi connectivity index (χ1) is 9.50. The van der Waals surface area contributed by atoms with Crippen molar-refractivity contribution in [3.63, 3.8) is 0 Å². The Bertz CT molecular complexity index is 580. The molecule has 1 aromatic rings. The van der Waals surface area contributed by atoms with Crippen LogP contribution in [0, 0.1) is 5.92 Å². The van der Waals surface area contributed by atoms with E-state index in [9.17, 15) is 14.7 Å². The summed E-state index contributed by atoms with van der Waals surface area (Å²) in [6.07, 6.45) is 2.68. The topological polar surface area (TPSA) is 78.4 Å². The number of amides is 1. The first kappa shape index (κ1) is 13.0. The van der Waals surface area contributed by atoms with Crippen molar-refractivity contribution >= 4 is 17.6 Å². The Labute approximate surface area is 117 Å². The maximum Gasteiger partial charge on any atom is 0.329 e. The van der Waals surface area contributed by atoms with Crippen LogP contribution < -0.4 is 10.6 Å². The van der Waals surface area contributed by atoms with E-state index in [1.54, 1.807) is 19.1 Å². The van der Waals surface area contributed by atoms with Gasteiger partial charge in [0.1, 0.15) is 5.54 Å². The van der Waals surface area contributed by atoms with Crippen molar-refractivity contribution in [2.24, 2.45) is 5.92 Å². The highest BCUT2D eigenvalue weighted by molar-refractivity contribution is 5.99. The molecule has 1 aliphatic carbocycles. The smallest absolute Gasteiger partial charge is 0.329 e. The van der Waals surface area contributed by atoms with E-state index in [-0.39, 0.29) is 11.8 Å². The van der Waals surface area contributed by atoms with Gasteiger partial charge in [0, 0.05) is 17.8 Å². The number of carboxylic acid groups (broad SMARTS) is 1. The lowest BCUT2D eigenvalue weighted by Crippen LogP contribution is -2.54. The highest BCUT2D eigenvalue weighted by Gasteiger charge is 2.48. The summed E-state index contributed by atoms with van der Waals surface area (Å²) in [5, 5.41) is 15.3. The van der Waals surface area contributed by atoms with Gasteiger partial charge in [-0.1, -0.05) is 6.07 Å². The van der Waals surface area contributed by atoms with Crippen molar-refractivity contribution in [3.05, 3.63) is 29.3 Å². The van der Waals surface area contributed by atoms with Crippen LogP contribution in [0.1, 0.15) is 35.7 Å². The Morgan fingerprint density at radius 3 is 2.80 bits per heavy atom. The standard InChI is InChI=1S/C15H18N2O3/c1-15(14(19)20,11-4-5-11)17-13(18)10-3-2-9-6-7-16-12(9)8-10/h2-3,8,11,16H,4-7H2,1H3,(H,17,18)(H,19,20). The second-order valence-electron chi connectivity index (χ2n) is 5.78. The zero-order valence-corrected chi connectivity index (χ0v) is 11.4. The fraction of sp³-hybridized carbons (Fsp3) is 0.467. The Morgan fingerprint density at radius 2 is 2.15 bits per heavy atom. The third-order valence-corrected chi connectivity index (χ3v) is 4.29. The molecule has 1 fully saturated rings. The van der Waals surface area contributed by atoms with E-state index in [0.29, 0.717) is 5.56 Å². The Kier molecular flexibility index (Phi) is 2.92. The molecule has 20 heavy (non-hydrogen) atoms. The van der Waals surface area contributed by atoms with Crippen LogP contribution in [0.15, 0.2) is 18.2 Å². The van der Waals surface area contributed by atoms with E-state index < -0.39 is 11.5 Å². The maximum absolute atomic E-state index is 12.3. The molecule has 5 heteroatoms. The van der Waals surface area contributed by atoms with Crippen LogP contribution in [0.25, 0.3) is 0 Å². The number of rotatable bonds is 4. The van der Waals surface area contributed by atoms with Crippen LogP contribution in [0.2, 0.25) is 0 Å². The van der Waals surface area contributed by atoms with E-state index in [0.717, 1.165) is 31.5 Å². The van der Waals surface area contributed by atoms with Crippen molar-refractivity contribution in [1.82, 2.24) is 5.32 Å². The Hall–Kier alpha value is -2.04. The van der Waals surface area contributed by atoms with E-state index in [1.807, 2.05) is 6.07 Å². The van der Waals surface area contributed by atoms with Crippen LogP contribution in [0.4, 0.5) is 5.69 Å². The minimum absolute atomic E-state index is 0.0384. The minimum Gasteiger partial charge on any atom is -0.480 e. The van der Waals surface area contributed by atoms with Gasteiger partial charge in [0.05, 0.1) is 0 Å². The molecule has 0 radical (unpaired) electrons. The molecule has 1 saturated carbocycles. The summed E-state index contributed by atoms with van der Waals surface area (Å²) in [6, 6.07) is 5.49. The average molecular weight is 274 g/mol. The monoisotopic (exact) mass is 274 g/mol. The summed E-state index contributed by atoms with van der Waals surface area (Å²) in [7, 11) is 0. The minimum atomic E-state index is -1.16. The first-order valence-corrected chi connectivity index (χ1v) is 6.93. The van der Waals surface area contributed by atoms with Crippen molar-refractivity contribution in [1.29, 1.82) is 0 Å². The van der Waals surface area contributed by atoms with Gasteiger partial charge < -0.3 is 15.7 Å². The molecule has 0 spiro atoms. The summed E-state index contributed by atoms with van der Waals surface area (Å²) in [5.74, 6) is -1.25. The summed E-state index contributed by atoms with van der Waals surface area (Å²) < 4.78 is 0. The van der Waals surface area contributed by atoms with Crippen LogP contribution in [-0.2, 0) is 11.2 Å². The van der Waals surface area contributed by atoms with Crippen molar-refractivity contribution in [3.8, 4) is 0 Å². The number of hydrogen-bond donors (Lipinski definition) is 3. The summed E-state index contributed by atoms with van der Waals surface area (Å²) >= 11 is 0. The zero-order chi connectivity index (χ0) is 14.3. The second kappa shape index (κ2) is 4.51. The number of carboxylic acids is 1. The lowest BCUT2D eigenvalue weighted by molar-refractivity contribution is -0.144. The van der Waals surface area contributed by atoms with Gasteiger partial charge in [0.2, 0.25) is 0 Å². The van der Waals surface area contributed by atoms with Gasteiger partial charge in [-0.2, -0.15) is 0 Å². The lowest BCUT2D eigenvalue weighted by Gasteiger charge is -2.26. The van der Waals surface area contributed by atoms with Gasteiger partial charge in [0.25, 0.3) is 5.91 Å². The maximum atomic E-state index is 12.3. The summed E-state index contributed by atoms with van der Waals surface area (Å²) in [4.78, 5) is 23.7. The van der Waals surface area contributed by atoms with E-state index in [4.69, 9.17) is 0 Å². The van der Waals surface area contributed by atoms with Crippen molar-refractivity contribution in [2.45, 2.75) is 31.7 Å². The molecule has 1 heterocycles. The third-order valence-electron chi connectivity index (χ3n) is 4.29. The Balaban J connectivity index is 1.80. The number of carbonyl (C=O) groups excluding carboxylic acids is 1. The number of fused-ring (bicyclic) bond motifs is 1. The molecule has 1 amide bonds. The summed E-state index contributed by atoms with van der Waals surface area (Å²) in [6.45, 7) is 2.48. The second-order valence-corrected chi connectivity index (χ2v) is 5.78. The molecule has 0 bridgehead atoms. The molecule has 3 rings (SSSR count). The van der Waals surface area contributed by atoms with Gasteiger partial charge in [0.15, 0.2) is 0 Å². The zero-order valence-electron chi connectivity index (χ0n) is 11.4. The van der Waals surface area contributed by atoms with Gasteiger partial charge in [-0.15, -0.1) is 0 Å². The Morgan fingerprint density at radius 1 is 1.40 bits per heavy atom. The molecule has 0 saturated heterocycles. The predicted molar refractivity (Wildman–Crippen MR) is 74.9 cm³/mol. The quantitative estimate of drug-likeness (QED) is 0.780. The van der Waals surface area contributed by atoms with E-state index in [2.05, 4.69) is 10.6 Å². The molecule has 1 aromatic carbocycles. The van der Waals surface area contributed by atoms with E-state index >= 15 is 0 Å². The third kappa shape index (κ3) is 2.13. The number of benzene rings is 1. The number of hydrogen-bond acceptors (Lipinski definition) is 3. The molecular formula is C15H18N2O3. The van der Waals surface area contributed by atoms with Crippen LogP contribution in [0.3, 0.4) is 0 Å². The fourth-order valence-electron chi connectivity index (χ4n) is 2.73. The molecule has 5 nitrogen and oxygen atoms in total. The molecular weight excluding hydrogens is 256 g/mol. The number of anilines is 1. The highest BCUT2D eigenvalue weighted by atomic mass is 16.4. The van der Waals surface area contributed by atoms with Gasteiger partial charge in [-0.3, -0.25) is 4.79 Å². The molecule has 1 atom stereocenters. The SMILES string of the molecule is CC(NC(=O)c1ccc2c(c1)NCC2)(C(=O)O)C1CC1. The molecule has 106 valence electrons. The van der Waals surface area contributed by atoms with Gasteiger partial charge in [-0.25, -0.2) is 4.79 Å². The van der Waals surface area contributed by atoms with Gasteiger partial charge in [-0.05, 0) is 49.8 Å². The van der Waals surface area contributed by atoms with Crippen molar-refractivity contribution < 1.29 is 14.7 Å². The van der Waals surface area contributed by atoms with Crippen LogP contribution in [0.5, 0.6) is 0 Å². The van der Waals surface area contributed by atoms with Crippen molar-refractivity contribution in [2.75, 3.05) is 11.9 Å². The fourth-order valence-corrected chi connectivity index (χ4v) is 2.73. The number of carbonyl (C=O) groups is 2. The molecule has 0 aromatic heterocycles. The summed E-state index contributed by atoms with van der Waals surface area (Å²) in [5.41, 5.74) is 1.51. The number of aliphatic carboxylic acids is 1. The molecule has 1 aliphatic heterocycles. The number of nitrogens with one attached hydrogen (secondary N) is 2. The molecule has 2 aliphatic rings. The molecule has 3 N–H and O–H groups in total. The normalized spacial score (nSPS) is 19.6. The largest absolute Gasteiger partial charge is 0.480 e. The van der Waals surface area contributed by atoms with Crippen LogP contribution in [-0.4, -0.2) is 29.1 Å². The highest BCUT2D eigenvalue weighted by Crippen LogP contribution is 2.40. The van der Waals surface area contributed by atoms with E-state index in [1.165, 1.54) is 5.56 Å². The van der Waals surface area contributed by atoms with Gasteiger partial charge >= 0.3 is 5.97 Å².